The van der Waals surface area contributed by atoms with E-state index in [1.54, 1.807) is 7.11 Å². The summed E-state index contributed by atoms with van der Waals surface area (Å²) in [4.78, 5) is 4.20. The maximum Gasteiger partial charge on any atom is 0.227 e. The lowest BCUT2D eigenvalue weighted by Crippen LogP contribution is -1.85. The fourth-order valence-corrected chi connectivity index (χ4v) is 1.38. The number of methoxy groups -OCH3 is 1. The first-order valence-electron chi connectivity index (χ1n) is 5.17. The largest absolute Gasteiger partial charge is 0.497 e. The van der Waals surface area contributed by atoms with E-state index in [2.05, 4.69) is 10.1 Å². The molecule has 0 N–H and O–H groups in total. The maximum absolute atomic E-state index is 8.46. The van der Waals surface area contributed by atoms with Crippen LogP contribution >= 0.6 is 0 Å². The maximum atomic E-state index is 8.46. The summed E-state index contributed by atoms with van der Waals surface area (Å²) in [5, 5.41) is 12.3. The van der Waals surface area contributed by atoms with Crippen molar-refractivity contribution >= 4 is 0 Å². The van der Waals surface area contributed by atoms with Gasteiger partial charge in [0.05, 0.1) is 13.2 Å². The second-order valence-electron chi connectivity index (χ2n) is 3.40. The fourth-order valence-electron chi connectivity index (χ4n) is 1.38. The number of hydrogen-bond acceptors (Lipinski definition) is 5. The van der Waals surface area contributed by atoms with Crippen molar-refractivity contribution in [2.45, 2.75) is 12.8 Å². The molecule has 1 heterocycles. The summed E-state index contributed by atoms with van der Waals surface area (Å²) in [6, 6.07) is 9.42. The van der Waals surface area contributed by atoms with Crippen LogP contribution in [0, 0.1) is 11.3 Å². The standard InChI is InChI=1S/C12H11N3O2/c1-16-10-6-4-9(5-7-10)12-14-11(17-15-12)3-2-8-13/h4-7H,2-3H2,1H3. The van der Waals surface area contributed by atoms with Crippen molar-refractivity contribution in [2.75, 3.05) is 7.11 Å². The Balaban J connectivity index is 2.16. The summed E-state index contributed by atoms with van der Waals surface area (Å²) in [6.07, 6.45) is 0.865. The van der Waals surface area contributed by atoms with Gasteiger partial charge in [0.25, 0.3) is 0 Å². The quantitative estimate of drug-likeness (QED) is 0.803. The third-order valence-corrected chi connectivity index (χ3v) is 2.27. The minimum atomic E-state index is 0.379. The minimum Gasteiger partial charge on any atom is -0.497 e. The molecule has 17 heavy (non-hydrogen) atoms. The first-order valence-corrected chi connectivity index (χ1v) is 5.17. The van der Waals surface area contributed by atoms with Crippen LogP contribution in [-0.2, 0) is 6.42 Å². The highest BCUT2D eigenvalue weighted by atomic mass is 16.5. The number of nitriles is 1. The summed E-state index contributed by atoms with van der Waals surface area (Å²) in [6.45, 7) is 0. The molecule has 1 aromatic heterocycles. The molecule has 0 aliphatic rings. The number of rotatable bonds is 4. The first-order chi connectivity index (χ1) is 8.33. The summed E-state index contributed by atoms with van der Waals surface area (Å²) in [5.41, 5.74) is 0.859. The van der Waals surface area contributed by atoms with Crippen molar-refractivity contribution in [3.05, 3.63) is 30.2 Å². The van der Waals surface area contributed by atoms with Crippen LogP contribution in [0.1, 0.15) is 12.3 Å². The lowest BCUT2D eigenvalue weighted by atomic mass is 10.2. The van der Waals surface area contributed by atoms with Crippen LogP contribution in [0.3, 0.4) is 0 Å². The van der Waals surface area contributed by atoms with E-state index in [-0.39, 0.29) is 0 Å². The third kappa shape index (κ3) is 2.61. The molecule has 5 heteroatoms. The molecule has 5 nitrogen and oxygen atoms in total. The van der Waals surface area contributed by atoms with Gasteiger partial charge in [-0.1, -0.05) is 5.16 Å². The van der Waals surface area contributed by atoms with Crippen molar-refractivity contribution in [3.63, 3.8) is 0 Å². The number of aromatic nitrogens is 2. The molecule has 0 saturated carbocycles. The van der Waals surface area contributed by atoms with Gasteiger partial charge in [-0.25, -0.2) is 0 Å². The minimum absolute atomic E-state index is 0.379. The van der Waals surface area contributed by atoms with Crippen molar-refractivity contribution < 1.29 is 9.26 Å². The lowest BCUT2D eigenvalue weighted by molar-refractivity contribution is 0.380. The van der Waals surface area contributed by atoms with Crippen LogP contribution in [0.5, 0.6) is 5.75 Å². The Morgan fingerprint density at radius 2 is 2.12 bits per heavy atom. The Labute approximate surface area is 98.6 Å². The molecule has 0 aliphatic carbocycles. The second-order valence-corrected chi connectivity index (χ2v) is 3.40. The fraction of sp³-hybridized carbons (Fsp3) is 0.250. The Kier molecular flexibility index (Phi) is 3.36. The molecule has 0 bridgehead atoms. The van der Waals surface area contributed by atoms with Crippen LogP contribution in [0.25, 0.3) is 11.4 Å². The lowest BCUT2D eigenvalue weighted by Gasteiger charge is -1.98. The van der Waals surface area contributed by atoms with Gasteiger partial charge in [-0.2, -0.15) is 10.2 Å². The molecule has 0 saturated heterocycles. The molecule has 0 atom stereocenters. The zero-order valence-electron chi connectivity index (χ0n) is 9.38. The average Bonchev–Trinajstić information content (AvgIpc) is 2.85. The zero-order valence-corrected chi connectivity index (χ0v) is 9.38. The number of nitrogens with zero attached hydrogens (tertiary/aromatic N) is 3. The van der Waals surface area contributed by atoms with Gasteiger partial charge in [-0.15, -0.1) is 0 Å². The Morgan fingerprint density at radius 3 is 2.76 bits per heavy atom. The van der Waals surface area contributed by atoms with Crippen molar-refractivity contribution in [1.29, 1.82) is 5.26 Å². The van der Waals surface area contributed by atoms with Crippen LogP contribution in [0.4, 0.5) is 0 Å². The molecule has 0 spiro atoms. The monoisotopic (exact) mass is 229 g/mol. The Hall–Kier alpha value is -2.35. The Morgan fingerprint density at radius 1 is 1.35 bits per heavy atom. The number of benzene rings is 1. The van der Waals surface area contributed by atoms with E-state index in [0.717, 1.165) is 11.3 Å². The predicted molar refractivity (Wildman–Crippen MR) is 60.2 cm³/mol. The smallest absolute Gasteiger partial charge is 0.227 e. The van der Waals surface area contributed by atoms with Crippen molar-refractivity contribution in [3.8, 4) is 23.2 Å². The first kappa shape index (κ1) is 11.1. The normalized spacial score (nSPS) is 9.88. The van der Waals surface area contributed by atoms with Crippen LogP contribution in [0.2, 0.25) is 0 Å². The molecular weight excluding hydrogens is 218 g/mol. The van der Waals surface area contributed by atoms with E-state index in [0.29, 0.717) is 24.6 Å². The van der Waals surface area contributed by atoms with Crippen LogP contribution in [-0.4, -0.2) is 17.3 Å². The second kappa shape index (κ2) is 5.12. The molecule has 0 unspecified atom stereocenters. The van der Waals surface area contributed by atoms with E-state index in [1.807, 2.05) is 30.3 Å². The summed E-state index contributed by atoms with van der Waals surface area (Å²) in [5.74, 6) is 1.79. The molecule has 0 aliphatic heterocycles. The van der Waals surface area contributed by atoms with Gasteiger partial charge in [0.1, 0.15) is 5.75 Å². The third-order valence-electron chi connectivity index (χ3n) is 2.27. The predicted octanol–water partition coefficient (Wildman–Crippen LogP) is 2.20. The van der Waals surface area contributed by atoms with Gasteiger partial charge >= 0.3 is 0 Å². The van der Waals surface area contributed by atoms with Gasteiger partial charge < -0.3 is 9.26 Å². The number of hydrogen-bond donors (Lipinski definition) is 0. The SMILES string of the molecule is COc1ccc(-c2noc(CCC#N)n2)cc1. The summed E-state index contributed by atoms with van der Waals surface area (Å²) >= 11 is 0. The van der Waals surface area contributed by atoms with E-state index in [4.69, 9.17) is 14.5 Å². The van der Waals surface area contributed by atoms with Gasteiger partial charge in [0.2, 0.25) is 11.7 Å². The molecule has 2 aromatic rings. The molecule has 86 valence electrons. The molecular formula is C12H11N3O2. The van der Waals surface area contributed by atoms with Gasteiger partial charge in [0.15, 0.2) is 0 Å². The van der Waals surface area contributed by atoms with Gasteiger partial charge in [0, 0.05) is 18.4 Å². The van der Waals surface area contributed by atoms with E-state index < -0.39 is 0 Å². The summed E-state index contributed by atoms with van der Waals surface area (Å²) < 4.78 is 10.1. The molecule has 2 rings (SSSR count). The highest BCUT2D eigenvalue weighted by molar-refractivity contribution is 5.55. The number of aryl methyl sites for hydroxylation is 1. The summed E-state index contributed by atoms with van der Waals surface area (Å²) in [7, 11) is 1.61. The number of ether oxygens (including phenoxy) is 1. The Bertz CT molecular complexity index is 525. The van der Waals surface area contributed by atoms with Crippen LogP contribution in [0.15, 0.2) is 28.8 Å². The highest BCUT2D eigenvalue weighted by Gasteiger charge is 2.08. The molecule has 0 amide bonds. The van der Waals surface area contributed by atoms with Crippen molar-refractivity contribution in [2.24, 2.45) is 0 Å². The highest BCUT2D eigenvalue weighted by Crippen LogP contribution is 2.19. The van der Waals surface area contributed by atoms with Crippen LogP contribution < -0.4 is 4.74 Å². The molecule has 1 aromatic carbocycles. The van der Waals surface area contributed by atoms with Crippen molar-refractivity contribution in [1.82, 2.24) is 10.1 Å². The van der Waals surface area contributed by atoms with E-state index >= 15 is 0 Å². The average molecular weight is 229 g/mol. The van der Waals surface area contributed by atoms with E-state index in [1.165, 1.54) is 0 Å². The molecule has 0 radical (unpaired) electrons. The molecule has 0 fully saturated rings. The topological polar surface area (TPSA) is 71.9 Å². The zero-order chi connectivity index (χ0) is 12.1. The van der Waals surface area contributed by atoms with Gasteiger partial charge in [-0.3, -0.25) is 0 Å². The van der Waals surface area contributed by atoms with E-state index in [9.17, 15) is 0 Å². The van der Waals surface area contributed by atoms with Gasteiger partial charge in [-0.05, 0) is 24.3 Å².